The largest absolute Gasteiger partial charge is 0.490 e. The van der Waals surface area contributed by atoms with Crippen LogP contribution >= 0.6 is 0 Å². The Bertz CT molecular complexity index is 997. The van der Waals surface area contributed by atoms with Gasteiger partial charge >= 0.3 is 0 Å². The number of hydrogen-bond donors (Lipinski definition) is 1. The number of carbonyl (C=O) groups excluding carboxylic acids is 1. The fourth-order valence-corrected chi connectivity index (χ4v) is 2.80. The van der Waals surface area contributed by atoms with Crippen LogP contribution in [0.5, 0.6) is 11.5 Å². The molecule has 150 valence electrons. The number of hydrogen-bond acceptors (Lipinski definition) is 5. The first-order valence-electron chi connectivity index (χ1n) is 9.29. The Balaban J connectivity index is 1.57. The molecule has 0 aliphatic heterocycles. The molecule has 3 aromatic rings. The zero-order valence-corrected chi connectivity index (χ0v) is 16.8. The number of para-hydroxylation sites is 2. The topological polar surface area (TPSA) is 77.7 Å². The van der Waals surface area contributed by atoms with E-state index in [-0.39, 0.29) is 5.91 Å². The summed E-state index contributed by atoms with van der Waals surface area (Å²) < 4.78 is 13.1. The van der Waals surface area contributed by atoms with Crippen molar-refractivity contribution in [2.24, 2.45) is 12.1 Å². The predicted molar refractivity (Wildman–Crippen MR) is 112 cm³/mol. The van der Waals surface area contributed by atoms with Crippen LogP contribution in [0.15, 0.2) is 59.7 Å². The molecule has 0 aliphatic rings. The summed E-state index contributed by atoms with van der Waals surface area (Å²) in [6.45, 7) is 4.54. The first-order chi connectivity index (χ1) is 14.1. The van der Waals surface area contributed by atoms with Gasteiger partial charge in [-0.15, -0.1) is 0 Å². The summed E-state index contributed by atoms with van der Waals surface area (Å²) in [5.74, 6) is 0.906. The van der Waals surface area contributed by atoms with E-state index in [1.807, 2.05) is 57.3 Å². The number of aryl methyl sites for hydroxylation is 2. The van der Waals surface area contributed by atoms with Crippen molar-refractivity contribution in [1.29, 1.82) is 0 Å². The van der Waals surface area contributed by atoms with Crippen molar-refractivity contribution >= 4 is 12.1 Å². The maximum absolute atomic E-state index is 12.5. The van der Waals surface area contributed by atoms with E-state index in [0.29, 0.717) is 24.5 Å². The Morgan fingerprint density at radius 3 is 2.48 bits per heavy atom. The van der Waals surface area contributed by atoms with E-state index in [9.17, 15) is 4.79 Å². The maximum Gasteiger partial charge on any atom is 0.275 e. The van der Waals surface area contributed by atoms with E-state index in [2.05, 4.69) is 15.6 Å². The fraction of sp³-hybridized carbons (Fsp3) is 0.227. The van der Waals surface area contributed by atoms with Crippen LogP contribution in [0.3, 0.4) is 0 Å². The second-order valence-electron chi connectivity index (χ2n) is 6.41. The Kier molecular flexibility index (Phi) is 6.63. The number of aromatic nitrogens is 2. The lowest BCUT2D eigenvalue weighted by Crippen LogP contribution is -2.19. The van der Waals surface area contributed by atoms with Gasteiger partial charge in [-0.1, -0.05) is 30.3 Å². The van der Waals surface area contributed by atoms with Gasteiger partial charge in [-0.25, -0.2) is 5.43 Å². The lowest BCUT2D eigenvalue weighted by Gasteiger charge is -2.11. The number of hydrazone groups is 1. The van der Waals surface area contributed by atoms with Gasteiger partial charge in [0, 0.05) is 18.3 Å². The standard InChI is InChI=1S/C22H24N4O3/c1-16-20(17(2)26(3)25-16)15-23-24-22(27)19-11-7-8-12-21(19)29-14-13-28-18-9-5-4-6-10-18/h4-12,15H,13-14H2,1-3H3,(H,24,27)/b23-15-. The molecular weight excluding hydrogens is 368 g/mol. The smallest absolute Gasteiger partial charge is 0.275 e. The van der Waals surface area contributed by atoms with Gasteiger partial charge < -0.3 is 9.47 Å². The minimum absolute atomic E-state index is 0.316. The minimum Gasteiger partial charge on any atom is -0.490 e. The van der Waals surface area contributed by atoms with Crippen molar-refractivity contribution in [1.82, 2.24) is 15.2 Å². The van der Waals surface area contributed by atoms with Crippen molar-refractivity contribution in [3.63, 3.8) is 0 Å². The van der Waals surface area contributed by atoms with E-state index in [1.54, 1.807) is 29.1 Å². The van der Waals surface area contributed by atoms with Gasteiger partial charge in [0.1, 0.15) is 24.7 Å². The summed E-state index contributed by atoms with van der Waals surface area (Å²) in [6.07, 6.45) is 1.60. The molecule has 2 aromatic carbocycles. The van der Waals surface area contributed by atoms with E-state index in [1.165, 1.54) is 0 Å². The second kappa shape index (κ2) is 9.54. The molecule has 0 fully saturated rings. The molecule has 1 N–H and O–H groups in total. The maximum atomic E-state index is 12.5. The Hall–Kier alpha value is -3.61. The summed E-state index contributed by atoms with van der Waals surface area (Å²) in [4.78, 5) is 12.5. The molecule has 7 nitrogen and oxygen atoms in total. The molecule has 0 saturated carbocycles. The lowest BCUT2D eigenvalue weighted by atomic mass is 10.2. The average molecular weight is 392 g/mol. The molecule has 0 saturated heterocycles. The SMILES string of the molecule is Cc1nn(C)c(C)c1/C=N\NC(=O)c1ccccc1OCCOc1ccccc1. The number of nitrogens with one attached hydrogen (secondary N) is 1. The number of rotatable bonds is 8. The number of ether oxygens (including phenoxy) is 2. The van der Waals surface area contributed by atoms with Crippen LogP contribution in [0.4, 0.5) is 0 Å². The van der Waals surface area contributed by atoms with Crippen LogP contribution in [0.25, 0.3) is 0 Å². The van der Waals surface area contributed by atoms with E-state index in [0.717, 1.165) is 22.7 Å². The highest BCUT2D eigenvalue weighted by Crippen LogP contribution is 2.18. The van der Waals surface area contributed by atoms with Crippen molar-refractivity contribution in [2.45, 2.75) is 13.8 Å². The number of nitrogens with zero attached hydrogens (tertiary/aromatic N) is 3. The van der Waals surface area contributed by atoms with Gasteiger partial charge in [0.25, 0.3) is 5.91 Å². The molecule has 0 radical (unpaired) electrons. The summed E-state index contributed by atoms with van der Waals surface area (Å²) in [6, 6.07) is 16.5. The fourth-order valence-electron chi connectivity index (χ4n) is 2.80. The van der Waals surface area contributed by atoms with Crippen LogP contribution in [-0.4, -0.2) is 35.1 Å². The van der Waals surface area contributed by atoms with Gasteiger partial charge in [-0.05, 0) is 38.1 Å². The van der Waals surface area contributed by atoms with Crippen LogP contribution in [-0.2, 0) is 7.05 Å². The zero-order chi connectivity index (χ0) is 20.6. The van der Waals surface area contributed by atoms with Crippen LogP contribution < -0.4 is 14.9 Å². The normalized spacial score (nSPS) is 10.9. The van der Waals surface area contributed by atoms with Crippen molar-refractivity contribution in [3.8, 4) is 11.5 Å². The van der Waals surface area contributed by atoms with Crippen LogP contribution in [0.1, 0.15) is 27.3 Å². The molecule has 0 unspecified atom stereocenters. The highest BCUT2D eigenvalue weighted by atomic mass is 16.5. The molecular formula is C22H24N4O3. The lowest BCUT2D eigenvalue weighted by molar-refractivity contribution is 0.0950. The molecule has 0 atom stereocenters. The van der Waals surface area contributed by atoms with Crippen LogP contribution in [0, 0.1) is 13.8 Å². The molecule has 29 heavy (non-hydrogen) atoms. The van der Waals surface area contributed by atoms with Gasteiger partial charge in [0.05, 0.1) is 17.5 Å². The van der Waals surface area contributed by atoms with Crippen LogP contribution in [0.2, 0.25) is 0 Å². The first kappa shape index (κ1) is 20.1. The molecule has 1 heterocycles. The monoisotopic (exact) mass is 392 g/mol. The Morgan fingerprint density at radius 1 is 1.07 bits per heavy atom. The summed E-state index contributed by atoms with van der Waals surface area (Å²) in [5.41, 5.74) is 5.67. The van der Waals surface area contributed by atoms with Crippen molar-refractivity contribution in [3.05, 3.63) is 77.1 Å². The Labute approximate surface area is 170 Å². The quantitative estimate of drug-likeness (QED) is 0.363. The summed E-state index contributed by atoms with van der Waals surface area (Å²) in [7, 11) is 1.87. The molecule has 7 heteroatoms. The highest BCUT2D eigenvalue weighted by molar-refractivity contribution is 5.97. The third-order valence-electron chi connectivity index (χ3n) is 4.41. The zero-order valence-electron chi connectivity index (χ0n) is 16.8. The average Bonchev–Trinajstić information content (AvgIpc) is 2.98. The molecule has 1 amide bonds. The third kappa shape index (κ3) is 5.22. The highest BCUT2D eigenvalue weighted by Gasteiger charge is 2.12. The summed E-state index contributed by atoms with van der Waals surface area (Å²) >= 11 is 0. The molecule has 0 aliphatic carbocycles. The molecule has 1 aromatic heterocycles. The third-order valence-corrected chi connectivity index (χ3v) is 4.41. The van der Waals surface area contributed by atoms with Gasteiger partial charge in [-0.3, -0.25) is 9.48 Å². The molecule has 0 bridgehead atoms. The predicted octanol–water partition coefficient (Wildman–Crippen LogP) is 3.26. The minimum atomic E-state index is -0.347. The van der Waals surface area contributed by atoms with Crippen molar-refractivity contribution < 1.29 is 14.3 Å². The first-order valence-corrected chi connectivity index (χ1v) is 9.29. The number of carbonyl (C=O) groups is 1. The van der Waals surface area contributed by atoms with Gasteiger partial charge in [-0.2, -0.15) is 10.2 Å². The van der Waals surface area contributed by atoms with Gasteiger partial charge in [0.2, 0.25) is 0 Å². The summed E-state index contributed by atoms with van der Waals surface area (Å²) in [5, 5.41) is 8.40. The van der Waals surface area contributed by atoms with E-state index >= 15 is 0 Å². The van der Waals surface area contributed by atoms with Gasteiger partial charge in [0.15, 0.2) is 0 Å². The number of amides is 1. The second-order valence-corrected chi connectivity index (χ2v) is 6.41. The number of benzene rings is 2. The molecule has 3 rings (SSSR count). The van der Waals surface area contributed by atoms with Crippen molar-refractivity contribution in [2.75, 3.05) is 13.2 Å². The molecule has 0 spiro atoms. The van der Waals surface area contributed by atoms with E-state index < -0.39 is 0 Å². The van der Waals surface area contributed by atoms with E-state index in [4.69, 9.17) is 9.47 Å². The Morgan fingerprint density at radius 2 is 1.76 bits per heavy atom.